The first-order valence-corrected chi connectivity index (χ1v) is 8.02. The van der Waals surface area contributed by atoms with Gasteiger partial charge in [-0.3, -0.25) is 0 Å². The quantitative estimate of drug-likeness (QED) is 0.651. The molecule has 1 aromatic heterocycles. The van der Waals surface area contributed by atoms with Crippen molar-refractivity contribution in [1.29, 1.82) is 0 Å². The van der Waals surface area contributed by atoms with E-state index >= 15 is 0 Å². The molecule has 26 heavy (non-hydrogen) atoms. The number of nitrogens with zero attached hydrogens (tertiary/aromatic N) is 2. The van der Waals surface area contributed by atoms with Gasteiger partial charge in [0, 0.05) is 24.6 Å². The summed E-state index contributed by atoms with van der Waals surface area (Å²) in [6.07, 6.45) is -3.63. The molecule has 2 heterocycles. The van der Waals surface area contributed by atoms with Crippen LogP contribution < -0.4 is 11.1 Å². The van der Waals surface area contributed by atoms with E-state index in [1.807, 2.05) is 0 Å². The number of aryl methyl sites for hydroxylation is 1. The molecule has 1 fully saturated rings. The van der Waals surface area contributed by atoms with E-state index < -0.39 is 23.9 Å². The number of anilines is 1. The minimum atomic E-state index is -5.02. The Morgan fingerprint density at radius 3 is 2.54 bits per heavy atom. The van der Waals surface area contributed by atoms with Crippen molar-refractivity contribution in [3.63, 3.8) is 0 Å². The third kappa shape index (κ3) is 3.02. The highest BCUT2D eigenvalue weighted by Gasteiger charge is 2.54. The Hall–Kier alpha value is -2.23. The fraction of sp³-hybridized carbons (Fsp3) is 0.412. The molecule has 1 aliphatic rings. The summed E-state index contributed by atoms with van der Waals surface area (Å²) in [6.45, 7) is 1.65. The topological polar surface area (TPSA) is 104 Å². The highest BCUT2D eigenvalue weighted by molar-refractivity contribution is 5.65. The second-order valence-corrected chi connectivity index (χ2v) is 6.43. The number of nitrogens with two attached hydrogens (primary N) is 1. The summed E-state index contributed by atoms with van der Waals surface area (Å²) in [5.74, 6) is 0.395. The van der Waals surface area contributed by atoms with Gasteiger partial charge in [-0.1, -0.05) is 12.1 Å². The highest BCUT2D eigenvalue weighted by Crippen LogP contribution is 2.40. The van der Waals surface area contributed by atoms with Gasteiger partial charge in [-0.05, 0) is 24.1 Å². The van der Waals surface area contributed by atoms with Gasteiger partial charge in [0.2, 0.25) is 5.60 Å². The Morgan fingerprint density at radius 1 is 1.31 bits per heavy atom. The first-order chi connectivity index (χ1) is 12.2. The molecule has 0 aliphatic carbocycles. The Morgan fingerprint density at radius 2 is 2.00 bits per heavy atom. The van der Waals surface area contributed by atoms with Crippen molar-refractivity contribution in [3.05, 3.63) is 41.2 Å². The lowest BCUT2D eigenvalue weighted by molar-refractivity contribution is -0.277. The van der Waals surface area contributed by atoms with Crippen LogP contribution in [-0.4, -0.2) is 46.1 Å². The predicted octanol–water partition coefficient (Wildman–Crippen LogP) is 1.46. The summed E-state index contributed by atoms with van der Waals surface area (Å²) in [5.41, 5.74) is 4.07. The van der Waals surface area contributed by atoms with Crippen LogP contribution in [0.2, 0.25) is 0 Å². The Labute approximate surface area is 147 Å². The molecular formula is C17H19F3N4O2. The van der Waals surface area contributed by atoms with Gasteiger partial charge < -0.3 is 21.3 Å². The van der Waals surface area contributed by atoms with Gasteiger partial charge in [0.1, 0.15) is 5.82 Å². The zero-order valence-electron chi connectivity index (χ0n) is 14.0. The van der Waals surface area contributed by atoms with E-state index in [2.05, 4.69) is 15.3 Å². The number of aliphatic hydroxyl groups excluding tert-OH is 1. The second kappa shape index (κ2) is 6.49. The third-order valence-corrected chi connectivity index (χ3v) is 4.69. The lowest BCUT2D eigenvalue weighted by atomic mass is 9.90. The molecule has 1 aromatic carbocycles. The summed E-state index contributed by atoms with van der Waals surface area (Å²) in [4.78, 5) is 8.60. The van der Waals surface area contributed by atoms with Gasteiger partial charge in [-0.15, -0.1) is 0 Å². The molecule has 0 saturated carbocycles. The zero-order valence-corrected chi connectivity index (χ0v) is 14.0. The molecule has 6 nitrogen and oxygen atoms in total. The fourth-order valence-corrected chi connectivity index (χ4v) is 2.82. The van der Waals surface area contributed by atoms with Crippen LogP contribution in [0, 0.1) is 6.92 Å². The maximum Gasteiger partial charge on any atom is 0.423 e. The number of hydrogen-bond donors (Lipinski definition) is 4. The standard InChI is InChI=1S/C17H19F3N4O2/c1-9-2-3-11(16(26,8-25)17(18,19)20)4-12(9)13-7-23-15(21)14(24-13)10-5-22-6-10/h2-4,7,10,22,25-26H,5-6,8H2,1H3,(H2,21,23). The minimum absolute atomic E-state index is 0.107. The van der Waals surface area contributed by atoms with Crippen molar-refractivity contribution in [3.8, 4) is 11.3 Å². The number of rotatable bonds is 4. The average Bonchev–Trinajstić information content (AvgIpc) is 2.54. The number of halogens is 3. The Bertz CT molecular complexity index is 824. The summed E-state index contributed by atoms with van der Waals surface area (Å²) in [7, 11) is 0. The van der Waals surface area contributed by atoms with Gasteiger partial charge in [-0.25, -0.2) is 9.97 Å². The van der Waals surface area contributed by atoms with E-state index in [-0.39, 0.29) is 11.7 Å². The number of alkyl halides is 3. The molecule has 5 N–H and O–H groups in total. The van der Waals surface area contributed by atoms with Crippen molar-refractivity contribution in [1.82, 2.24) is 15.3 Å². The summed E-state index contributed by atoms with van der Waals surface area (Å²) in [6, 6.07) is 3.77. The molecule has 1 unspecified atom stereocenters. The van der Waals surface area contributed by atoms with E-state index in [0.29, 0.717) is 35.6 Å². The van der Waals surface area contributed by atoms with Crippen LogP contribution in [0.1, 0.15) is 22.7 Å². The van der Waals surface area contributed by atoms with Crippen LogP contribution in [0.5, 0.6) is 0 Å². The van der Waals surface area contributed by atoms with Crippen molar-refractivity contribution in [2.24, 2.45) is 0 Å². The molecule has 0 spiro atoms. The molecule has 1 saturated heterocycles. The maximum absolute atomic E-state index is 13.2. The van der Waals surface area contributed by atoms with Crippen LogP contribution in [-0.2, 0) is 5.60 Å². The smallest absolute Gasteiger partial charge is 0.393 e. The van der Waals surface area contributed by atoms with Gasteiger partial charge in [-0.2, -0.15) is 13.2 Å². The van der Waals surface area contributed by atoms with E-state index in [9.17, 15) is 23.4 Å². The first kappa shape index (κ1) is 18.6. The lowest BCUT2D eigenvalue weighted by Gasteiger charge is -2.29. The minimum Gasteiger partial charge on any atom is -0.393 e. The second-order valence-electron chi connectivity index (χ2n) is 6.43. The van der Waals surface area contributed by atoms with Crippen LogP contribution in [0.25, 0.3) is 11.3 Å². The fourth-order valence-electron chi connectivity index (χ4n) is 2.82. The summed E-state index contributed by atoms with van der Waals surface area (Å²) in [5, 5.41) is 22.3. The van der Waals surface area contributed by atoms with Gasteiger partial charge in [0.05, 0.1) is 24.2 Å². The number of hydrogen-bond acceptors (Lipinski definition) is 6. The van der Waals surface area contributed by atoms with E-state index in [1.54, 1.807) is 6.92 Å². The molecule has 0 radical (unpaired) electrons. The average molecular weight is 368 g/mol. The summed E-state index contributed by atoms with van der Waals surface area (Å²) < 4.78 is 39.7. The first-order valence-electron chi connectivity index (χ1n) is 8.02. The molecule has 0 bridgehead atoms. The molecule has 3 rings (SSSR count). The van der Waals surface area contributed by atoms with Crippen molar-refractivity contribution < 1.29 is 23.4 Å². The molecular weight excluding hydrogens is 349 g/mol. The summed E-state index contributed by atoms with van der Waals surface area (Å²) >= 11 is 0. The molecule has 9 heteroatoms. The number of aliphatic hydroxyl groups is 2. The molecule has 140 valence electrons. The molecule has 1 atom stereocenters. The number of nitrogens with one attached hydrogen (secondary N) is 1. The van der Waals surface area contributed by atoms with Crippen LogP contribution >= 0.6 is 0 Å². The molecule has 0 amide bonds. The molecule has 2 aromatic rings. The van der Waals surface area contributed by atoms with Gasteiger partial charge in [0.25, 0.3) is 0 Å². The van der Waals surface area contributed by atoms with E-state index in [4.69, 9.17) is 5.73 Å². The van der Waals surface area contributed by atoms with Crippen LogP contribution in [0.4, 0.5) is 19.0 Å². The largest absolute Gasteiger partial charge is 0.423 e. The number of nitrogen functional groups attached to an aromatic ring is 1. The Kier molecular flexibility index (Phi) is 4.63. The lowest BCUT2D eigenvalue weighted by Crippen LogP contribution is -2.45. The highest BCUT2D eigenvalue weighted by atomic mass is 19.4. The van der Waals surface area contributed by atoms with Gasteiger partial charge >= 0.3 is 6.18 Å². The number of benzene rings is 1. The van der Waals surface area contributed by atoms with E-state index in [1.165, 1.54) is 18.3 Å². The normalized spacial score (nSPS) is 17.6. The molecule has 1 aliphatic heterocycles. The van der Waals surface area contributed by atoms with Crippen molar-refractivity contribution in [2.75, 3.05) is 25.4 Å². The third-order valence-electron chi connectivity index (χ3n) is 4.69. The van der Waals surface area contributed by atoms with Gasteiger partial charge in [0.15, 0.2) is 0 Å². The monoisotopic (exact) mass is 368 g/mol. The van der Waals surface area contributed by atoms with Crippen LogP contribution in [0.15, 0.2) is 24.4 Å². The number of aromatic nitrogens is 2. The van der Waals surface area contributed by atoms with Crippen LogP contribution in [0.3, 0.4) is 0 Å². The maximum atomic E-state index is 13.2. The SMILES string of the molecule is Cc1ccc(C(O)(CO)C(F)(F)F)cc1-c1cnc(N)c(C2CNC2)n1. The van der Waals surface area contributed by atoms with Crippen molar-refractivity contribution >= 4 is 5.82 Å². The van der Waals surface area contributed by atoms with Crippen molar-refractivity contribution in [2.45, 2.75) is 24.6 Å². The predicted molar refractivity (Wildman–Crippen MR) is 89.3 cm³/mol. The Balaban J connectivity index is 2.09. The zero-order chi connectivity index (χ0) is 19.1. The van der Waals surface area contributed by atoms with E-state index in [0.717, 1.165) is 6.07 Å².